The quantitative estimate of drug-likeness (QED) is 0.882. The average molecular weight is 256 g/mol. The molecule has 1 aromatic heterocycles. The van der Waals surface area contributed by atoms with Gasteiger partial charge in [0, 0.05) is 25.6 Å². The van der Waals surface area contributed by atoms with Crippen molar-refractivity contribution in [1.29, 1.82) is 0 Å². The fourth-order valence-electron chi connectivity index (χ4n) is 1.98. The van der Waals surface area contributed by atoms with Crippen LogP contribution in [-0.4, -0.2) is 42.4 Å². The van der Waals surface area contributed by atoms with E-state index in [2.05, 4.69) is 9.88 Å². The Kier molecular flexibility index (Phi) is 3.96. The molecule has 0 bridgehead atoms. The minimum atomic E-state index is -0.838. The number of carbonyl (C=O) groups is 1. The summed E-state index contributed by atoms with van der Waals surface area (Å²) in [6.45, 7) is 1.82. The Morgan fingerprint density at radius 3 is 3.29 bits per heavy atom. The summed E-state index contributed by atoms with van der Waals surface area (Å²) in [6, 6.07) is 0. The predicted octanol–water partition coefficient (Wildman–Crippen LogP) is 1.39. The fourth-order valence-corrected chi connectivity index (χ4v) is 2.84. The maximum Gasteiger partial charge on any atom is 0.309 e. The first-order chi connectivity index (χ1) is 8.19. The number of piperidine rings is 1. The van der Waals surface area contributed by atoms with E-state index >= 15 is 0 Å². The highest BCUT2D eigenvalue weighted by Gasteiger charge is 2.21. The van der Waals surface area contributed by atoms with Crippen LogP contribution in [0.2, 0.25) is 0 Å². The molecule has 1 N–H and O–H groups in total. The minimum absolute atomic E-state index is 0.00194. The Hall–Kier alpha value is -1.14. The normalized spacial score (nSPS) is 20.5. The number of carboxylic acids is 1. The van der Waals surface area contributed by atoms with Crippen molar-refractivity contribution in [3.63, 3.8) is 0 Å². The van der Waals surface area contributed by atoms with E-state index in [1.165, 1.54) is 11.3 Å². The lowest BCUT2D eigenvalue weighted by atomic mass is 10.1. The molecule has 1 aliphatic heterocycles. The molecule has 1 unspecified atom stereocenters. The molecule has 0 amide bonds. The first-order valence-corrected chi connectivity index (χ1v) is 6.51. The second-order valence-electron chi connectivity index (χ2n) is 4.14. The van der Waals surface area contributed by atoms with E-state index in [0.29, 0.717) is 5.69 Å². The highest BCUT2D eigenvalue weighted by molar-refractivity contribution is 7.13. The highest BCUT2D eigenvalue weighted by atomic mass is 32.1. The van der Waals surface area contributed by atoms with Crippen LogP contribution in [0, 0.1) is 0 Å². The van der Waals surface area contributed by atoms with Gasteiger partial charge in [0.1, 0.15) is 0 Å². The topological polar surface area (TPSA) is 62.7 Å². The molecule has 1 atom stereocenters. The van der Waals surface area contributed by atoms with Gasteiger partial charge in [-0.3, -0.25) is 4.79 Å². The maximum absolute atomic E-state index is 10.6. The van der Waals surface area contributed by atoms with Gasteiger partial charge < -0.3 is 14.7 Å². The molecule has 17 heavy (non-hydrogen) atoms. The zero-order valence-corrected chi connectivity index (χ0v) is 10.6. The number of nitrogens with zero attached hydrogens (tertiary/aromatic N) is 2. The summed E-state index contributed by atoms with van der Waals surface area (Å²) in [4.78, 5) is 17.1. The number of thiazole rings is 1. The molecule has 5 nitrogen and oxygen atoms in total. The zero-order chi connectivity index (χ0) is 12.3. The zero-order valence-electron chi connectivity index (χ0n) is 9.76. The van der Waals surface area contributed by atoms with Crippen LogP contribution in [0.5, 0.6) is 0 Å². The highest BCUT2D eigenvalue weighted by Crippen LogP contribution is 2.25. The Morgan fingerprint density at radius 2 is 2.59 bits per heavy atom. The summed E-state index contributed by atoms with van der Waals surface area (Å²) in [5, 5.41) is 11.4. The molecule has 2 rings (SSSR count). The number of anilines is 1. The van der Waals surface area contributed by atoms with Crippen molar-refractivity contribution in [2.75, 3.05) is 25.1 Å². The first kappa shape index (κ1) is 12.3. The van der Waals surface area contributed by atoms with Crippen molar-refractivity contribution in [3.05, 3.63) is 11.1 Å². The second kappa shape index (κ2) is 5.46. The number of carboxylic acid groups (broad SMARTS) is 1. The second-order valence-corrected chi connectivity index (χ2v) is 4.97. The van der Waals surface area contributed by atoms with Gasteiger partial charge in [-0.25, -0.2) is 4.98 Å². The van der Waals surface area contributed by atoms with Crippen molar-refractivity contribution in [2.45, 2.75) is 25.4 Å². The lowest BCUT2D eigenvalue weighted by Crippen LogP contribution is -2.39. The summed E-state index contributed by atoms with van der Waals surface area (Å²) < 4.78 is 5.36. The SMILES string of the molecule is COC1CCCN(c2nc(CC(=O)O)cs2)C1. The fraction of sp³-hybridized carbons (Fsp3) is 0.636. The predicted molar refractivity (Wildman–Crippen MR) is 65.7 cm³/mol. The largest absolute Gasteiger partial charge is 0.481 e. The third-order valence-electron chi connectivity index (χ3n) is 2.85. The summed E-state index contributed by atoms with van der Waals surface area (Å²) in [7, 11) is 1.73. The van der Waals surface area contributed by atoms with Gasteiger partial charge >= 0.3 is 5.97 Å². The number of hydrogen-bond donors (Lipinski definition) is 1. The summed E-state index contributed by atoms with van der Waals surface area (Å²) in [6.07, 6.45) is 2.43. The molecule has 0 radical (unpaired) electrons. The lowest BCUT2D eigenvalue weighted by molar-refractivity contribution is -0.136. The molecular weight excluding hydrogens is 240 g/mol. The van der Waals surface area contributed by atoms with Crippen molar-refractivity contribution in [3.8, 4) is 0 Å². The van der Waals surface area contributed by atoms with Crippen molar-refractivity contribution < 1.29 is 14.6 Å². The van der Waals surface area contributed by atoms with Crippen molar-refractivity contribution in [2.24, 2.45) is 0 Å². The van der Waals surface area contributed by atoms with Gasteiger partial charge in [-0.1, -0.05) is 0 Å². The van der Waals surface area contributed by atoms with Gasteiger partial charge in [0.2, 0.25) is 0 Å². The lowest BCUT2D eigenvalue weighted by Gasteiger charge is -2.31. The van der Waals surface area contributed by atoms with Crippen LogP contribution < -0.4 is 4.90 Å². The van der Waals surface area contributed by atoms with Gasteiger partial charge in [0.05, 0.1) is 18.2 Å². The Balaban J connectivity index is 2.01. The van der Waals surface area contributed by atoms with Gasteiger partial charge in [0.25, 0.3) is 0 Å². The van der Waals surface area contributed by atoms with Crippen LogP contribution in [0.25, 0.3) is 0 Å². The number of ether oxygens (including phenoxy) is 1. The Bertz CT molecular complexity index is 394. The van der Waals surface area contributed by atoms with E-state index in [9.17, 15) is 4.79 Å². The van der Waals surface area contributed by atoms with Gasteiger partial charge in [0.15, 0.2) is 5.13 Å². The van der Waals surface area contributed by atoms with Crippen LogP contribution in [-0.2, 0) is 16.0 Å². The van der Waals surface area contributed by atoms with E-state index in [4.69, 9.17) is 9.84 Å². The number of methoxy groups -OCH3 is 1. The molecule has 94 valence electrons. The van der Waals surface area contributed by atoms with Crippen LogP contribution >= 0.6 is 11.3 Å². The van der Waals surface area contributed by atoms with Crippen LogP contribution in [0.15, 0.2) is 5.38 Å². The van der Waals surface area contributed by atoms with E-state index in [1.54, 1.807) is 7.11 Å². The molecule has 6 heteroatoms. The summed E-state index contributed by atoms with van der Waals surface area (Å²) in [5.41, 5.74) is 0.636. The molecule has 1 aromatic rings. The summed E-state index contributed by atoms with van der Waals surface area (Å²) in [5.74, 6) is -0.838. The van der Waals surface area contributed by atoms with E-state index in [0.717, 1.165) is 31.1 Å². The molecule has 1 saturated heterocycles. The molecule has 0 aromatic carbocycles. The van der Waals surface area contributed by atoms with E-state index in [1.807, 2.05) is 5.38 Å². The van der Waals surface area contributed by atoms with E-state index in [-0.39, 0.29) is 12.5 Å². The maximum atomic E-state index is 10.6. The smallest absolute Gasteiger partial charge is 0.309 e. The molecule has 1 fully saturated rings. The number of hydrogen-bond acceptors (Lipinski definition) is 5. The Morgan fingerprint density at radius 1 is 1.76 bits per heavy atom. The molecule has 1 aliphatic rings. The molecule has 0 aliphatic carbocycles. The third kappa shape index (κ3) is 3.17. The molecular formula is C11H16N2O3S. The molecule has 0 spiro atoms. The van der Waals surface area contributed by atoms with Gasteiger partial charge in [-0.05, 0) is 12.8 Å². The number of aliphatic carboxylic acids is 1. The third-order valence-corrected chi connectivity index (χ3v) is 3.80. The van der Waals surface area contributed by atoms with Gasteiger partial charge in [-0.15, -0.1) is 11.3 Å². The monoisotopic (exact) mass is 256 g/mol. The van der Waals surface area contributed by atoms with E-state index < -0.39 is 5.97 Å². The minimum Gasteiger partial charge on any atom is -0.481 e. The number of rotatable bonds is 4. The van der Waals surface area contributed by atoms with Crippen LogP contribution in [0.3, 0.4) is 0 Å². The van der Waals surface area contributed by atoms with Crippen LogP contribution in [0.4, 0.5) is 5.13 Å². The molecule has 2 heterocycles. The van der Waals surface area contributed by atoms with Gasteiger partial charge in [-0.2, -0.15) is 0 Å². The van der Waals surface area contributed by atoms with Crippen molar-refractivity contribution in [1.82, 2.24) is 4.98 Å². The Labute approximate surface area is 104 Å². The average Bonchev–Trinajstić information content (AvgIpc) is 2.77. The number of aromatic nitrogens is 1. The summed E-state index contributed by atoms with van der Waals surface area (Å²) >= 11 is 1.51. The van der Waals surface area contributed by atoms with Crippen LogP contribution in [0.1, 0.15) is 18.5 Å². The van der Waals surface area contributed by atoms with Crippen molar-refractivity contribution >= 4 is 22.4 Å². The standard InChI is InChI=1S/C11H16N2O3S/c1-16-9-3-2-4-13(6-9)11-12-8(7-17-11)5-10(14)15/h7,9H,2-6H2,1H3,(H,14,15). The molecule has 0 saturated carbocycles. The first-order valence-electron chi connectivity index (χ1n) is 5.63.